The largest absolute Gasteiger partial charge is 0.313 e. The molecule has 0 aromatic carbocycles. The van der Waals surface area contributed by atoms with Gasteiger partial charge in [-0.05, 0) is 38.1 Å². The van der Waals surface area contributed by atoms with Crippen LogP contribution in [0.15, 0.2) is 24.3 Å². The summed E-state index contributed by atoms with van der Waals surface area (Å²) in [7, 11) is 0. The summed E-state index contributed by atoms with van der Waals surface area (Å²) in [5.41, 5.74) is 1.56. The maximum absolute atomic E-state index is 3.70. The van der Waals surface area contributed by atoms with Crippen LogP contribution in [0, 0.1) is 11.8 Å². The molecule has 1 N–H and O–H groups in total. The Hall–Kier alpha value is -0.560. The van der Waals surface area contributed by atoms with Crippen LogP contribution in [-0.2, 0) is 0 Å². The molecule has 13 heavy (non-hydrogen) atoms. The van der Waals surface area contributed by atoms with Crippen LogP contribution in [0.1, 0.15) is 26.7 Å². The monoisotopic (exact) mass is 179 g/mol. The van der Waals surface area contributed by atoms with Gasteiger partial charge in [-0.2, -0.15) is 0 Å². The summed E-state index contributed by atoms with van der Waals surface area (Å²) in [4.78, 5) is 0. The summed E-state index contributed by atoms with van der Waals surface area (Å²) in [6.07, 6.45) is 6.94. The van der Waals surface area contributed by atoms with E-state index < -0.39 is 0 Å². The Morgan fingerprint density at radius 1 is 1.69 bits per heavy atom. The third kappa shape index (κ3) is 3.77. The zero-order valence-electron chi connectivity index (χ0n) is 8.84. The lowest BCUT2D eigenvalue weighted by molar-refractivity contribution is 0.387. The van der Waals surface area contributed by atoms with Crippen LogP contribution in [0.2, 0.25) is 0 Å². The third-order valence-electron chi connectivity index (χ3n) is 2.61. The van der Waals surface area contributed by atoms with Gasteiger partial charge < -0.3 is 5.32 Å². The number of allylic oxidation sites excluding steroid dienone is 2. The molecule has 2 atom stereocenters. The van der Waals surface area contributed by atoms with Gasteiger partial charge in [-0.3, -0.25) is 0 Å². The van der Waals surface area contributed by atoms with Crippen LogP contribution in [0.4, 0.5) is 0 Å². The van der Waals surface area contributed by atoms with Gasteiger partial charge >= 0.3 is 0 Å². The molecule has 0 bridgehead atoms. The zero-order chi connectivity index (χ0) is 9.68. The Kier molecular flexibility index (Phi) is 4.23. The van der Waals surface area contributed by atoms with Crippen molar-refractivity contribution in [2.75, 3.05) is 13.1 Å². The first kappa shape index (κ1) is 10.5. The molecule has 1 rings (SSSR count). The molecule has 0 aromatic heterocycles. The molecule has 0 saturated heterocycles. The average molecular weight is 179 g/mol. The molecule has 0 fully saturated rings. The highest BCUT2D eigenvalue weighted by atomic mass is 14.8. The van der Waals surface area contributed by atoms with Crippen molar-refractivity contribution in [3.8, 4) is 0 Å². The van der Waals surface area contributed by atoms with Gasteiger partial charge in [-0.1, -0.05) is 24.6 Å². The number of hydrogen-bond acceptors (Lipinski definition) is 1. The first-order valence-corrected chi connectivity index (χ1v) is 5.21. The molecule has 0 aromatic rings. The van der Waals surface area contributed by atoms with Gasteiger partial charge in [0.2, 0.25) is 0 Å². The van der Waals surface area contributed by atoms with Crippen LogP contribution >= 0.6 is 0 Å². The molecule has 0 aliphatic heterocycles. The van der Waals surface area contributed by atoms with Crippen LogP contribution in [-0.4, -0.2) is 13.1 Å². The minimum atomic E-state index is 0.768. The van der Waals surface area contributed by atoms with E-state index in [1.54, 1.807) is 5.57 Å². The summed E-state index contributed by atoms with van der Waals surface area (Å²) in [5, 5.41) is 3.40. The average Bonchev–Trinajstić information content (AvgIpc) is 2.03. The van der Waals surface area contributed by atoms with Gasteiger partial charge in [0.05, 0.1) is 0 Å². The second-order valence-electron chi connectivity index (χ2n) is 4.24. The van der Waals surface area contributed by atoms with Gasteiger partial charge in [-0.15, -0.1) is 6.58 Å². The van der Waals surface area contributed by atoms with Gasteiger partial charge in [0.1, 0.15) is 0 Å². The van der Waals surface area contributed by atoms with Gasteiger partial charge in [0.25, 0.3) is 0 Å². The molecule has 1 aliphatic rings. The van der Waals surface area contributed by atoms with Crippen molar-refractivity contribution in [3.05, 3.63) is 24.3 Å². The third-order valence-corrected chi connectivity index (χ3v) is 2.61. The topological polar surface area (TPSA) is 12.0 Å². The van der Waals surface area contributed by atoms with Crippen LogP contribution in [0.5, 0.6) is 0 Å². The van der Waals surface area contributed by atoms with E-state index in [0.29, 0.717) is 0 Å². The first-order chi connectivity index (χ1) is 6.22. The summed E-state index contributed by atoms with van der Waals surface area (Å²) < 4.78 is 0. The molecule has 2 unspecified atom stereocenters. The predicted molar refractivity (Wildman–Crippen MR) is 58.7 cm³/mol. The number of rotatable bonds is 4. The van der Waals surface area contributed by atoms with Crippen molar-refractivity contribution in [2.24, 2.45) is 11.8 Å². The first-order valence-electron chi connectivity index (χ1n) is 5.21. The predicted octanol–water partition coefficient (Wildman–Crippen LogP) is 2.75. The Labute approximate surface area is 81.9 Å². The summed E-state index contributed by atoms with van der Waals surface area (Å²) in [6, 6.07) is 0. The lowest BCUT2D eigenvalue weighted by atomic mass is 9.84. The summed E-state index contributed by atoms with van der Waals surface area (Å²) in [5.74, 6) is 1.60. The minimum Gasteiger partial charge on any atom is -0.313 e. The SMILES string of the molecule is C=CCNCC1CC(C)=CC(C)C1. The van der Waals surface area contributed by atoms with E-state index in [4.69, 9.17) is 0 Å². The van der Waals surface area contributed by atoms with E-state index in [2.05, 4.69) is 31.8 Å². The second kappa shape index (κ2) is 5.23. The van der Waals surface area contributed by atoms with E-state index >= 15 is 0 Å². The number of nitrogens with one attached hydrogen (secondary N) is 1. The Bertz CT molecular complexity index is 193. The Morgan fingerprint density at radius 2 is 2.46 bits per heavy atom. The van der Waals surface area contributed by atoms with Crippen LogP contribution in [0.3, 0.4) is 0 Å². The molecule has 0 heterocycles. The van der Waals surface area contributed by atoms with E-state index in [-0.39, 0.29) is 0 Å². The molecule has 1 nitrogen and oxygen atoms in total. The van der Waals surface area contributed by atoms with E-state index in [1.807, 2.05) is 6.08 Å². The van der Waals surface area contributed by atoms with Crippen LogP contribution < -0.4 is 5.32 Å². The molecule has 0 radical (unpaired) electrons. The molecule has 0 spiro atoms. The van der Waals surface area contributed by atoms with E-state index in [0.717, 1.165) is 24.9 Å². The lowest BCUT2D eigenvalue weighted by Gasteiger charge is -2.25. The maximum Gasteiger partial charge on any atom is 0.0132 e. The smallest absolute Gasteiger partial charge is 0.0132 e. The highest BCUT2D eigenvalue weighted by Crippen LogP contribution is 2.26. The van der Waals surface area contributed by atoms with Gasteiger partial charge in [0.15, 0.2) is 0 Å². The van der Waals surface area contributed by atoms with Gasteiger partial charge in [0, 0.05) is 6.54 Å². The zero-order valence-corrected chi connectivity index (χ0v) is 8.84. The Balaban J connectivity index is 2.28. The van der Waals surface area contributed by atoms with Gasteiger partial charge in [-0.25, -0.2) is 0 Å². The fraction of sp³-hybridized carbons (Fsp3) is 0.667. The normalized spacial score (nSPS) is 28.3. The molecule has 0 saturated carbocycles. The summed E-state index contributed by atoms with van der Waals surface area (Å²) in [6.45, 7) is 10.3. The van der Waals surface area contributed by atoms with Crippen molar-refractivity contribution >= 4 is 0 Å². The Morgan fingerprint density at radius 3 is 3.08 bits per heavy atom. The van der Waals surface area contributed by atoms with Crippen molar-refractivity contribution in [3.63, 3.8) is 0 Å². The molecule has 0 amide bonds. The van der Waals surface area contributed by atoms with Crippen molar-refractivity contribution < 1.29 is 0 Å². The quantitative estimate of drug-likeness (QED) is 0.517. The summed E-state index contributed by atoms with van der Waals surface area (Å²) >= 11 is 0. The lowest BCUT2D eigenvalue weighted by Crippen LogP contribution is -2.26. The molecule has 1 aliphatic carbocycles. The molecule has 74 valence electrons. The molecule has 1 heteroatoms. The maximum atomic E-state index is 3.70. The fourth-order valence-corrected chi connectivity index (χ4v) is 2.23. The highest BCUT2D eigenvalue weighted by molar-refractivity contribution is 5.06. The van der Waals surface area contributed by atoms with Crippen molar-refractivity contribution in [1.82, 2.24) is 5.32 Å². The standard InChI is InChI=1S/C12H21N/c1-4-5-13-9-12-7-10(2)6-11(3)8-12/h4,6,10,12-13H,1,5,7-9H2,2-3H3. The molecular weight excluding hydrogens is 158 g/mol. The van der Waals surface area contributed by atoms with Crippen molar-refractivity contribution in [1.29, 1.82) is 0 Å². The van der Waals surface area contributed by atoms with E-state index in [1.165, 1.54) is 12.8 Å². The minimum absolute atomic E-state index is 0.768. The van der Waals surface area contributed by atoms with Crippen molar-refractivity contribution in [2.45, 2.75) is 26.7 Å². The fourth-order valence-electron chi connectivity index (χ4n) is 2.23. The molecular formula is C12H21N. The van der Waals surface area contributed by atoms with E-state index in [9.17, 15) is 0 Å². The van der Waals surface area contributed by atoms with Crippen LogP contribution in [0.25, 0.3) is 0 Å². The second-order valence-corrected chi connectivity index (χ2v) is 4.24. The number of hydrogen-bond donors (Lipinski definition) is 1. The highest BCUT2D eigenvalue weighted by Gasteiger charge is 2.16.